The molecule has 0 aliphatic carbocycles. The zero-order valence-electron chi connectivity index (χ0n) is 20.9. The Kier molecular flexibility index (Phi) is 5.99. The average Bonchev–Trinajstić information content (AvgIpc) is 3.56. The number of imide groups is 1. The van der Waals surface area contributed by atoms with Crippen molar-refractivity contribution in [2.75, 3.05) is 11.5 Å². The van der Waals surface area contributed by atoms with Crippen LogP contribution in [-0.4, -0.2) is 29.6 Å². The summed E-state index contributed by atoms with van der Waals surface area (Å²) in [5.74, 6) is -1.81. The van der Waals surface area contributed by atoms with Gasteiger partial charge in [0.2, 0.25) is 11.8 Å². The molecule has 3 heterocycles. The summed E-state index contributed by atoms with van der Waals surface area (Å²) in [6.07, 6.45) is 2.45. The Balaban J connectivity index is 1.33. The maximum Gasteiger partial charge on any atom is 0.240 e. The van der Waals surface area contributed by atoms with Crippen LogP contribution in [0.5, 0.6) is 0 Å². The monoisotopic (exact) mass is 505 g/mol. The lowest BCUT2D eigenvalue weighted by Gasteiger charge is -2.31. The molecule has 6 rings (SSSR count). The number of nitriles is 2. The fourth-order valence-electron chi connectivity index (χ4n) is 6.85. The Morgan fingerprint density at radius 1 is 0.868 bits per heavy atom. The molecule has 3 aromatic carbocycles. The minimum absolute atomic E-state index is 0.255. The number of hydrogen-bond donors (Lipinski definition) is 0. The number of ether oxygens (including phenoxy) is 2. The van der Waals surface area contributed by atoms with Crippen LogP contribution in [0.15, 0.2) is 66.7 Å². The summed E-state index contributed by atoms with van der Waals surface area (Å²) in [6, 6.07) is 25.0. The van der Waals surface area contributed by atoms with Crippen LogP contribution in [0.1, 0.15) is 43.2 Å². The van der Waals surface area contributed by atoms with Gasteiger partial charge >= 0.3 is 0 Å². The number of amides is 2. The lowest BCUT2D eigenvalue weighted by molar-refractivity contribution is -0.133. The summed E-state index contributed by atoms with van der Waals surface area (Å²) < 4.78 is 12.6. The number of rotatable bonds is 8. The molecule has 2 amide bonds. The second kappa shape index (κ2) is 9.36. The van der Waals surface area contributed by atoms with Gasteiger partial charge < -0.3 is 9.47 Å². The summed E-state index contributed by atoms with van der Waals surface area (Å²) in [4.78, 5) is 29.5. The predicted octanol–water partition coefficient (Wildman–Crippen LogP) is 5.03. The Hall–Kier alpha value is -4.04. The van der Waals surface area contributed by atoms with Crippen LogP contribution in [0.25, 0.3) is 10.8 Å². The first-order valence-corrected chi connectivity index (χ1v) is 13.0. The normalized spacial score (nSPS) is 27.5. The van der Waals surface area contributed by atoms with Crippen LogP contribution in [0, 0.1) is 34.5 Å². The van der Waals surface area contributed by atoms with E-state index in [1.54, 1.807) is 12.1 Å². The summed E-state index contributed by atoms with van der Waals surface area (Å²) in [5.41, 5.74) is 0.416. The van der Waals surface area contributed by atoms with E-state index in [1.807, 2.05) is 54.6 Å². The first-order valence-electron chi connectivity index (χ1n) is 13.0. The fraction of sp³-hybridized carbons (Fsp3) is 0.355. The minimum atomic E-state index is -0.830. The number of anilines is 1. The van der Waals surface area contributed by atoms with Gasteiger partial charge in [-0.25, -0.2) is 4.90 Å². The molecule has 2 bridgehead atoms. The maximum absolute atomic E-state index is 14.1. The van der Waals surface area contributed by atoms with Crippen molar-refractivity contribution >= 4 is 28.3 Å². The highest BCUT2D eigenvalue weighted by Gasteiger charge is 2.75. The van der Waals surface area contributed by atoms with Gasteiger partial charge in [0.05, 0.1) is 53.0 Å². The van der Waals surface area contributed by atoms with Crippen LogP contribution in [-0.2, 0) is 25.7 Å². The van der Waals surface area contributed by atoms with Crippen LogP contribution in [0.3, 0.4) is 0 Å². The molecule has 7 nitrogen and oxygen atoms in total. The van der Waals surface area contributed by atoms with Gasteiger partial charge in [0.15, 0.2) is 0 Å². The lowest BCUT2D eigenvalue weighted by Crippen LogP contribution is -2.43. The molecule has 0 radical (unpaired) electrons. The quantitative estimate of drug-likeness (QED) is 0.314. The number of nitrogens with zero attached hydrogens (tertiary/aromatic N) is 3. The van der Waals surface area contributed by atoms with Crippen LogP contribution >= 0.6 is 0 Å². The van der Waals surface area contributed by atoms with E-state index in [-0.39, 0.29) is 18.2 Å². The molecule has 3 fully saturated rings. The highest BCUT2D eigenvalue weighted by molar-refractivity contribution is 6.26. The lowest BCUT2D eigenvalue weighted by atomic mass is 9.65. The Bertz CT molecular complexity index is 1510. The van der Waals surface area contributed by atoms with Gasteiger partial charge in [-0.3, -0.25) is 9.59 Å². The molecule has 0 saturated carbocycles. The summed E-state index contributed by atoms with van der Waals surface area (Å²) in [7, 11) is 0. The molecule has 2 unspecified atom stereocenters. The molecule has 4 atom stereocenters. The van der Waals surface area contributed by atoms with Gasteiger partial charge in [-0.1, -0.05) is 54.6 Å². The molecule has 38 heavy (non-hydrogen) atoms. The van der Waals surface area contributed by atoms with E-state index in [4.69, 9.17) is 9.47 Å². The SMILES string of the molecule is N#CCCC12CCC(CCOCc3ccccc3)(O1)[C@@H]1C(=O)N(c3ccc(C#N)c4ccccc34)C(=O)[C@@H]12. The number of carbonyl (C=O) groups excluding carboxylic acids is 2. The third kappa shape index (κ3) is 3.62. The highest BCUT2D eigenvalue weighted by Crippen LogP contribution is 2.64. The molecule has 7 heteroatoms. The van der Waals surface area contributed by atoms with Crippen molar-refractivity contribution in [3.05, 3.63) is 77.9 Å². The van der Waals surface area contributed by atoms with Crippen LogP contribution < -0.4 is 4.90 Å². The van der Waals surface area contributed by atoms with Crippen molar-refractivity contribution in [3.63, 3.8) is 0 Å². The molecular weight excluding hydrogens is 478 g/mol. The molecule has 0 N–H and O–H groups in total. The van der Waals surface area contributed by atoms with Crippen molar-refractivity contribution in [2.24, 2.45) is 11.8 Å². The predicted molar refractivity (Wildman–Crippen MR) is 139 cm³/mol. The Morgan fingerprint density at radius 2 is 1.53 bits per heavy atom. The molecule has 190 valence electrons. The first kappa shape index (κ1) is 24.3. The third-order valence-electron chi connectivity index (χ3n) is 8.52. The van der Waals surface area contributed by atoms with E-state index in [9.17, 15) is 20.1 Å². The van der Waals surface area contributed by atoms with Gasteiger partial charge in [0.25, 0.3) is 0 Å². The van der Waals surface area contributed by atoms with E-state index in [0.29, 0.717) is 60.9 Å². The van der Waals surface area contributed by atoms with Gasteiger partial charge in [0, 0.05) is 30.2 Å². The molecule has 3 aliphatic heterocycles. The van der Waals surface area contributed by atoms with Gasteiger partial charge in [-0.15, -0.1) is 0 Å². The maximum atomic E-state index is 14.1. The Morgan fingerprint density at radius 3 is 2.21 bits per heavy atom. The van der Waals surface area contributed by atoms with Gasteiger partial charge in [-0.05, 0) is 37.0 Å². The van der Waals surface area contributed by atoms with Crippen LogP contribution in [0.4, 0.5) is 5.69 Å². The number of hydrogen-bond acceptors (Lipinski definition) is 6. The molecule has 0 spiro atoms. The largest absolute Gasteiger partial charge is 0.377 e. The second-order valence-electron chi connectivity index (χ2n) is 10.4. The third-order valence-corrected chi connectivity index (χ3v) is 8.52. The average molecular weight is 506 g/mol. The molecule has 0 aromatic heterocycles. The zero-order valence-corrected chi connectivity index (χ0v) is 20.9. The summed E-state index contributed by atoms with van der Waals surface area (Å²) >= 11 is 0. The fourth-order valence-corrected chi connectivity index (χ4v) is 6.85. The molecule has 3 aliphatic rings. The second-order valence-corrected chi connectivity index (χ2v) is 10.4. The Labute approximate surface area is 221 Å². The van der Waals surface area contributed by atoms with Crippen molar-refractivity contribution < 1.29 is 19.1 Å². The van der Waals surface area contributed by atoms with Gasteiger partial charge in [0.1, 0.15) is 0 Å². The number of fused-ring (bicyclic) bond motifs is 6. The zero-order chi connectivity index (χ0) is 26.3. The van der Waals surface area contributed by atoms with Crippen LogP contribution in [0.2, 0.25) is 0 Å². The van der Waals surface area contributed by atoms with Crippen molar-refractivity contribution in [1.29, 1.82) is 10.5 Å². The summed E-state index contributed by atoms with van der Waals surface area (Å²) in [6.45, 7) is 0.856. The van der Waals surface area contributed by atoms with Crippen molar-refractivity contribution in [3.8, 4) is 12.1 Å². The van der Waals surface area contributed by atoms with Crippen molar-refractivity contribution in [2.45, 2.75) is 49.9 Å². The summed E-state index contributed by atoms with van der Waals surface area (Å²) in [5, 5.41) is 20.3. The van der Waals surface area contributed by atoms with Crippen molar-refractivity contribution in [1.82, 2.24) is 0 Å². The van der Waals surface area contributed by atoms with E-state index in [2.05, 4.69) is 12.1 Å². The smallest absolute Gasteiger partial charge is 0.240 e. The highest BCUT2D eigenvalue weighted by atomic mass is 16.5. The number of carbonyl (C=O) groups is 2. The van der Waals surface area contributed by atoms with E-state index in [1.165, 1.54) is 4.90 Å². The molecule has 3 saturated heterocycles. The molecule has 3 aromatic rings. The van der Waals surface area contributed by atoms with E-state index < -0.39 is 23.0 Å². The standard InChI is InChI=1S/C31H27N3O4/c32-17-6-13-30-14-15-31(38-30,16-18-37-20-21-7-2-1-3-8-21)27-26(30)28(35)34(29(27)36)25-12-11-22(19-33)23-9-4-5-10-24(23)25/h1-5,7-12,26-27H,6,13-16,18,20H2/t26-,27+,30?,31?/m1/s1. The van der Waals surface area contributed by atoms with E-state index in [0.717, 1.165) is 5.56 Å². The minimum Gasteiger partial charge on any atom is -0.377 e. The van der Waals surface area contributed by atoms with Gasteiger partial charge in [-0.2, -0.15) is 10.5 Å². The topological polar surface area (TPSA) is 103 Å². The first-order chi connectivity index (χ1) is 18.5. The van der Waals surface area contributed by atoms with E-state index >= 15 is 0 Å². The number of benzene rings is 3. The molecular formula is C31H27N3O4.